The zero-order valence-corrected chi connectivity index (χ0v) is 13.1. The van der Waals surface area contributed by atoms with E-state index in [1.807, 2.05) is 35.8 Å². The molecule has 0 fully saturated rings. The molecule has 2 N–H and O–H groups in total. The summed E-state index contributed by atoms with van der Waals surface area (Å²) in [4.78, 5) is 16.3. The van der Waals surface area contributed by atoms with Crippen molar-refractivity contribution in [2.45, 2.75) is 13.5 Å². The molecule has 0 spiro atoms. The predicted octanol–water partition coefficient (Wildman–Crippen LogP) is 1.65. The number of imidazole rings is 1. The van der Waals surface area contributed by atoms with Gasteiger partial charge in [-0.3, -0.25) is 10.1 Å². The molecule has 1 aromatic heterocycles. The standard InChI is InChI=1S/C14H20N4O2.ClH/c1-3-18-12-7-5-4-6-11(12)16-14(18)17-13(19)10-15-8-9-20-2;/h4-7,15H,3,8-10H2,1-2H3,(H,16,17,19);1H. The van der Waals surface area contributed by atoms with Crippen LogP contribution >= 0.6 is 12.4 Å². The van der Waals surface area contributed by atoms with Crippen LogP contribution in [0.3, 0.4) is 0 Å². The van der Waals surface area contributed by atoms with Gasteiger partial charge in [-0.15, -0.1) is 12.4 Å². The predicted molar refractivity (Wildman–Crippen MR) is 86.0 cm³/mol. The second-order valence-corrected chi connectivity index (χ2v) is 4.39. The smallest absolute Gasteiger partial charge is 0.240 e. The fraction of sp³-hybridized carbons (Fsp3) is 0.429. The number of aromatic nitrogens is 2. The number of benzene rings is 1. The Balaban J connectivity index is 0.00000220. The van der Waals surface area contributed by atoms with Gasteiger partial charge in [0.25, 0.3) is 0 Å². The first-order valence-corrected chi connectivity index (χ1v) is 6.71. The zero-order valence-electron chi connectivity index (χ0n) is 12.3. The van der Waals surface area contributed by atoms with Crippen molar-refractivity contribution in [2.75, 3.05) is 32.1 Å². The van der Waals surface area contributed by atoms with Gasteiger partial charge in [0.05, 0.1) is 24.2 Å². The molecule has 2 rings (SSSR count). The number of methoxy groups -OCH3 is 1. The molecular formula is C14H21ClN4O2. The number of aryl methyl sites for hydroxylation is 1. The Kier molecular flexibility index (Phi) is 7.14. The zero-order chi connectivity index (χ0) is 14.4. The molecular weight excluding hydrogens is 292 g/mol. The third-order valence-electron chi connectivity index (χ3n) is 2.99. The summed E-state index contributed by atoms with van der Waals surface area (Å²) >= 11 is 0. The molecule has 0 aliphatic heterocycles. The van der Waals surface area contributed by atoms with Crippen molar-refractivity contribution in [2.24, 2.45) is 0 Å². The van der Waals surface area contributed by atoms with Gasteiger partial charge < -0.3 is 14.6 Å². The fourth-order valence-corrected chi connectivity index (χ4v) is 2.04. The highest BCUT2D eigenvalue weighted by Gasteiger charge is 2.11. The van der Waals surface area contributed by atoms with Gasteiger partial charge >= 0.3 is 0 Å². The van der Waals surface area contributed by atoms with E-state index >= 15 is 0 Å². The number of fused-ring (bicyclic) bond motifs is 1. The molecule has 0 saturated heterocycles. The number of amides is 1. The highest BCUT2D eigenvalue weighted by atomic mass is 35.5. The van der Waals surface area contributed by atoms with E-state index < -0.39 is 0 Å². The number of halogens is 1. The van der Waals surface area contributed by atoms with Gasteiger partial charge in [-0.05, 0) is 19.1 Å². The van der Waals surface area contributed by atoms with Crippen LogP contribution < -0.4 is 10.6 Å². The minimum absolute atomic E-state index is 0. The first kappa shape index (κ1) is 17.4. The molecule has 0 radical (unpaired) electrons. The number of hydrogen-bond donors (Lipinski definition) is 2. The van der Waals surface area contributed by atoms with Crippen LogP contribution in [0.15, 0.2) is 24.3 Å². The van der Waals surface area contributed by atoms with Crippen molar-refractivity contribution < 1.29 is 9.53 Å². The van der Waals surface area contributed by atoms with Crippen molar-refractivity contribution in [1.82, 2.24) is 14.9 Å². The Morgan fingerprint density at radius 1 is 1.38 bits per heavy atom. The summed E-state index contributed by atoms with van der Waals surface area (Å²) in [5.41, 5.74) is 1.91. The van der Waals surface area contributed by atoms with Crippen LogP contribution in [-0.2, 0) is 16.1 Å². The van der Waals surface area contributed by atoms with E-state index in [0.717, 1.165) is 17.6 Å². The summed E-state index contributed by atoms with van der Waals surface area (Å²) in [6, 6.07) is 7.84. The van der Waals surface area contributed by atoms with Crippen molar-refractivity contribution in [3.63, 3.8) is 0 Å². The third kappa shape index (κ3) is 4.42. The molecule has 0 unspecified atom stereocenters. The van der Waals surface area contributed by atoms with E-state index in [2.05, 4.69) is 15.6 Å². The molecule has 0 aliphatic carbocycles. The normalized spacial score (nSPS) is 10.4. The summed E-state index contributed by atoms with van der Waals surface area (Å²) in [7, 11) is 1.63. The molecule has 0 aliphatic rings. The SMILES string of the molecule is CCn1c(NC(=O)CNCCOC)nc2ccccc21.Cl. The van der Waals surface area contributed by atoms with E-state index in [4.69, 9.17) is 4.74 Å². The van der Waals surface area contributed by atoms with Gasteiger partial charge in [0, 0.05) is 20.2 Å². The van der Waals surface area contributed by atoms with Crippen LogP contribution in [0.4, 0.5) is 5.95 Å². The van der Waals surface area contributed by atoms with Gasteiger partial charge in [-0.1, -0.05) is 12.1 Å². The van der Waals surface area contributed by atoms with Gasteiger partial charge in [-0.25, -0.2) is 4.98 Å². The van der Waals surface area contributed by atoms with E-state index in [0.29, 0.717) is 19.1 Å². The molecule has 116 valence electrons. The lowest BCUT2D eigenvalue weighted by Gasteiger charge is -2.08. The van der Waals surface area contributed by atoms with Gasteiger partial charge in [0.1, 0.15) is 0 Å². The van der Waals surface area contributed by atoms with Crippen LogP contribution in [0.25, 0.3) is 11.0 Å². The maximum absolute atomic E-state index is 11.9. The lowest BCUT2D eigenvalue weighted by molar-refractivity contribution is -0.115. The van der Waals surface area contributed by atoms with Gasteiger partial charge in [-0.2, -0.15) is 0 Å². The Bertz CT molecular complexity index is 585. The van der Waals surface area contributed by atoms with E-state index in [-0.39, 0.29) is 24.9 Å². The molecule has 1 heterocycles. The molecule has 1 amide bonds. The number of hydrogen-bond acceptors (Lipinski definition) is 4. The second kappa shape index (κ2) is 8.61. The van der Waals surface area contributed by atoms with Crippen LogP contribution in [0.1, 0.15) is 6.92 Å². The Labute approximate surface area is 130 Å². The molecule has 1 aromatic carbocycles. The molecule has 0 saturated carbocycles. The molecule has 21 heavy (non-hydrogen) atoms. The highest BCUT2D eigenvalue weighted by Crippen LogP contribution is 2.18. The first-order valence-electron chi connectivity index (χ1n) is 6.71. The van der Waals surface area contributed by atoms with Crippen molar-refractivity contribution in [3.05, 3.63) is 24.3 Å². The fourth-order valence-electron chi connectivity index (χ4n) is 2.04. The van der Waals surface area contributed by atoms with E-state index in [1.165, 1.54) is 0 Å². The Morgan fingerprint density at radius 2 is 2.14 bits per heavy atom. The monoisotopic (exact) mass is 312 g/mol. The average Bonchev–Trinajstić information content (AvgIpc) is 2.80. The van der Waals surface area contributed by atoms with Crippen molar-refractivity contribution in [1.29, 1.82) is 0 Å². The number of carbonyl (C=O) groups excluding carboxylic acids is 1. The quantitative estimate of drug-likeness (QED) is 0.763. The molecule has 7 heteroatoms. The highest BCUT2D eigenvalue weighted by molar-refractivity contribution is 5.92. The van der Waals surface area contributed by atoms with E-state index in [9.17, 15) is 4.79 Å². The van der Waals surface area contributed by atoms with Crippen LogP contribution in [0.2, 0.25) is 0 Å². The van der Waals surface area contributed by atoms with E-state index in [1.54, 1.807) is 7.11 Å². The van der Waals surface area contributed by atoms with Crippen molar-refractivity contribution in [3.8, 4) is 0 Å². The summed E-state index contributed by atoms with van der Waals surface area (Å²) in [5, 5.41) is 5.84. The Morgan fingerprint density at radius 3 is 2.86 bits per heavy atom. The maximum Gasteiger partial charge on any atom is 0.240 e. The molecule has 2 aromatic rings. The summed E-state index contributed by atoms with van der Waals surface area (Å²) < 4.78 is 6.90. The maximum atomic E-state index is 11.9. The average molecular weight is 313 g/mol. The largest absolute Gasteiger partial charge is 0.383 e. The minimum Gasteiger partial charge on any atom is -0.383 e. The second-order valence-electron chi connectivity index (χ2n) is 4.39. The number of nitrogens with one attached hydrogen (secondary N) is 2. The number of rotatable bonds is 7. The number of carbonyl (C=O) groups is 1. The van der Waals surface area contributed by atoms with Crippen LogP contribution in [0.5, 0.6) is 0 Å². The minimum atomic E-state index is -0.105. The number of anilines is 1. The molecule has 6 nitrogen and oxygen atoms in total. The van der Waals surface area contributed by atoms with Crippen LogP contribution in [-0.4, -0.2) is 42.3 Å². The summed E-state index contributed by atoms with van der Waals surface area (Å²) in [5.74, 6) is 0.485. The van der Waals surface area contributed by atoms with Crippen molar-refractivity contribution >= 4 is 35.3 Å². The third-order valence-corrected chi connectivity index (χ3v) is 2.99. The lowest BCUT2D eigenvalue weighted by atomic mass is 10.3. The summed E-state index contributed by atoms with van der Waals surface area (Å²) in [6.45, 7) is 4.26. The number of ether oxygens (including phenoxy) is 1. The van der Waals surface area contributed by atoms with Crippen LogP contribution in [0, 0.1) is 0 Å². The van der Waals surface area contributed by atoms with Gasteiger partial charge in [0.2, 0.25) is 11.9 Å². The molecule has 0 bridgehead atoms. The first-order chi connectivity index (χ1) is 9.76. The Hall–Kier alpha value is -1.63. The lowest BCUT2D eigenvalue weighted by Crippen LogP contribution is -2.31. The summed E-state index contributed by atoms with van der Waals surface area (Å²) in [6.07, 6.45) is 0. The number of para-hydroxylation sites is 2. The topological polar surface area (TPSA) is 68.2 Å². The number of nitrogens with zero attached hydrogens (tertiary/aromatic N) is 2. The molecule has 0 atom stereocenters. The van der Waals surface area contributed by atoms with Gasteiger partial charge in [0.15, 0.2) is 0 Å².